The van der Waals surface area contributed by atoms with E-state index in [0.29, 0.717) is 17.9 Å². The standard InChI is InChI=1S/C17H20BrN3O/c1-3-4-8-20-17(22)13-7-9-19-16(11-13)21-15-6-5-12(2)10-14(15)18/h5-7,9-11H,3-4,8H2,1-2H3,(H,19,21)(H,20,22). The van der Waals surface area contributed by atoms with E-state index in [2.05, 4.69) is 38.5 Å². The van der Waals surface area contributed by atoms with Crippen molar-refractivity contribution in [2.45, 2.75) is 26.7 Å². The number of aryl methyl sites for hydroxylation is 1. The Morgan fingerprint density at radius 2 is 2.09 bits per heavy atom. The monoisotopic (exact) mass is 361 g/mol. The normalized spacial score (nSPS) is 10.3. The average molecular weight is 362 g/mol. The van der Waals surface area contributed by atoms with E-state index >= 15 is 0 Å². The lowest BCUT2D eigenvalue weighted by atomic mass is 10.2. The van der Waals surface area contributed by atoms with E-state index in [9.17, 15) is 4.79 Å². The van der Waals surface area contributed by atoms with Crippen molar-refractivity contribution < 1.29 is 4.79 Å². The van der Waals surface area contributed by atoms with E-state index in [-0.39, 0.29) is 5.91 Å². The summed E-state index contributed by atoms with van der Waals surface area (Å²) in [4.78, 5) is 16.3. The zero-order chi connectivity index (χ0) is 15.9. The van der Waals surface area contributed by atoms with Crippen LogP contribution in [-0.4, -0.2) is 17.4 Å². The van der Waals surface area contributed by atoms with Gasteiger partial charge in [0, 0.05) is 22.8 Å². The number of carbonyl (C=O) groups is 1. The lowest BCUT2D eigenvalue weighted by Gasteiger charge is -2.10. The van der Waals surface area contributed by atoms with Crippen molar-refractivity contribution in [3.05, 3.63) is 52.1 Å². The summed E-state index contributed by atoms with van der Waals surface area (Å²) in [7, 11) is 0. The molecule has 0 bridgehead atoms. The van der Waals surface area contributed by atoms with Gasteiger partial charge < -0.3 is 10.6 Å². The summed E-state index contributed by atoms with van der Waals surface area (Å²) in [5.41, 5.74) is 2.70. The van der Waals surface area contributed by atoms with Gasteiger partial charge in [-0.1, -0.05) is 19.4 Å². The lowest BCUT2D eigenvalue weighted by molar-refractivity contribution is 0.0953. The minimum atomic E-state index is -0.0677. The van der Waals surface area contributed by atoms with E-state index in [0.717, 1.165) is 23.0 Å². The molecule has 0 saturated carbocycles. The van der Waals surface area contributed by atoms with Gasteiger partial charge in [0.15, 0.2) is 0 Å². The van der Waals surface area contributed by atoms with Crippen LogP contribution in [0.1, 0.15) is 35.7 Å². The Balaban J connectivity index is 2.09. The van der Waals surface area contributed by atoms with Crippen molar-refractivity contribution in [2.75, 3.05) is 11.9 Å². The number of hydrogen-bond acceptors (Lipinski definition) is 3. The summed E-state index contributed by atoms with van der Waals surface area (Å²) in [5.74, 6) is 0.578. The van der Waals surface area contributed by atoms with Crippen molar-refractivity contribution in [3.63, 3.8) is 0 Å². The Morgan fingerprint density at radius 1 is 1.27 bits per heavy atom. The fourth-order valence-electron chi connectivity index (χ4n) is 1.98. The highest BCUT2D eigenvalue weighted by atomic mass is 79.9. The topological polar surface area (TPSA) is 54.0 Å². The second-order valence-corrected chi connectivity index (χ2v) is 6.00. The number of amides is 1. The molecule has 5 heteroatoms. The van der Waals surface area contributed by atoms with Crippen LogP contribution in [0.15, 0.2) is 41.0 Å². The lowest BCUT2D eigenvalue weighted by Crippen LogP contribution is -2.24. The first-order chi connectivity index (χ1) is 10.6. The number of unbranched alkanes of at least 4 members (excludes halogenated alkanes) is 1. The molecule has 116 valence electrons. The minimum Gasteiger partial charge on any atom is -0.352 e. The number of halogens is 1. The van der Waals surface area contributed by atoms with E-state index in [1.165, 1.54) is 5.56 Å². The number of hydrogen-bond donors (Lipinski definition) is 2. The molecule has 4 nitrogen and oxygen atoms in total. The molecule has 0 aliphatic carbocycles. The van der Waals surface area contributed by atoms with Gasteiger partial charge in [-0.05, 0) is 59.1 Å². The summed E-state index contributed by atoms with van der Waals surface area (Å²) < 4.78 is 0.965. The molecule has 2 rings (SSSR count). The molecule has 1 aromatic carbocycles. The van der Waals surface area contributed by atoms with Gasteiger partial charge in [0.05, 0.1) is 5.69 Å². The van der Waals surface area contributed by atoms with E-state index < -0.39 is 0 Å². The first kappa shape index (κ1) is 16.5. The van der Waals surface area contributed by atoms with Crippen LogP contribution in [-0.2, 0) is 0 Å². The van der Waals surface area contributed by atoms with Crippen molar-refractivity contribution in [2.24, 2.45) is 0 Å². The summed E-state index contributed by atoms with van der Waals surface area (Å²) in [6.07, 6.45) is 3.68. The number of nitrogens with one attached hydrogen (secondary N) is 2. The first-order valence-corrected chi connectivity index (χ1v) is 8.17. The van der Waals surface area contributed by atoms with Crippen LogP contribution in [0, 0.1) is 6.92 Å². The van der Waals surface area contributed by atoms with Gasteiger partial charge in [-0.15, -0.1) is 0 Å². The summed E-state index contributed by atoms with van der Waals surface area (Å²) in [5, 5.41) is 6.13. The summed E-state index contributed by atoms with van der Waals surface area (Å²) in [6, 6.07) is 9.51. The van der Waals surface area contributed by atoms with E-state index in [1.54, 1.807) is 18.3 Å². The van der Waals surface area contributed by atoms with Gasteiger partial charge in [0.2, 0.25) is 0 Å². The molecular formula is C17H20BrN3O. The third-order valence-electron chi connectivity index (χ3n) is 3.23. The molecule has 0 unspecified atom stereocenters. The SMILES string of the molecule is CCCCNC(=O)c1ccnc(Nc2ccc(C)cc2Br)c1. The quantitative estimate of drug-likeness (QED) is 0.748. The smallest absolute Gasteiger partial charge is 0.251 e. The predicted octanol–water partition coefficient (Wildman–Crippen LogP) is 4.43. The van der Waals surface area contributed by atoms with Crippen LogP contribution in [0.4, 0.5) is 11.5 Å². The zero-order valence-electron chi connectivity index (χ0n) is 12.8. The molecule has 0 saturated heterocycles. The molecule has 0 aliphatic heterocycles. The molecule has 22 heavy (non-hydrogen) atoms. The largest absolute Gasteiger partial charge is 0.352 e. The molecule has 1 aromatic heterocycles. The molecule has 2 aromatic rings. The minimum absolute atomic E-state index is 0.0677. The van der Waals surface area contributed by atoms with Gasteiger partial charge in [-0.2, -0.15) is 0 Å². The van der Waals surface area contributed by atoms with Crippen LogP contribution in [0.5, 0.6) is 0 Å². The average Bonchev–Trinajstić information content (AvgIpc) is 2.50. The molecule has 0 spiro atoms. The molecule has 1 heterocycles. The van der Waals surface area contributed by atoms with E-state index in [1.807, 2.05) is 25.1 Å². The molecular weight excluding hydrogens is 342 g/mol. The van der Waals surface area contributed by atoms with Gasteiger partial charge in [0.1, 0.15) is 5.82 Å². The Kier molecular flexibility index (Phi) is 5.95. The number of pyridine rings is 1. The van der Waals surface area contributed by atoms with Crippen molar-refractivity contribution in [3.8, 4) is 0 Å². The van der Waals surface area contributed by atoms with Crippen LogP contribution in [0.3, 0.4) is 0 Å². The second-order valence-electron chi connectivity index (χ2n) is 5.15. The molecule has 0 radical (unpaired) electrons. The highest BCUT2D eigenvalue weighted by molar-refractivity contribution is 9.10. The van der Waals surface area contributed by atoms with Crippen LogP contribution in [0.2, 0.25) is 0 Å². The van der Waals surface area contributed by atoms with Crippen molar-refractivity contribution >= 4 is 33.3 Å². The summed E-state index contributed by atoms with van der Waals surface area (Å²) in [6.45, 7) is 4.83. The Bertz CT molecular complexity index is 658. The molecule has 0 atom stereocenters. The third-order valence-corrected chi connectivity index (χ3v) is 3.88. The maximum Gasteiger partial charge on any atom is 0.251 e. The predicted molar refractivity (Wildman–Crippen MR) is 93.6 cm³/mol. The number of anilines is 2. The Labute approximate surface area is 139 Å². The fraction of sp³-hybridized carbons (Fsp3) is 0.294. The molecule has 2 N–H and O–H groups in total. The van der Waals surface area contributed by atoms with Crippen molar-refractivity contribution in [1.82, 2.24) is 10.3 Å². The number of nitrogens with zero attached hydrogens (tertiary/aromatic N) is 1. The zero-order valence-corrected chi connectivity index (χ0v) is 14.4. The number of rotatable bonds is 6. The van der Waals surface area contributed by atoms with Gasteiger partial charge in [0.25, 0.3) is 5.91 Å². The van der Waals surface area contributed by atoms with Gasteiger partial charge >= 0.3 is 0 Å². The maximum absolute atomic E-state index is 12.1. The number of benzene rings is 1. The second kappa shape index (κ2) is 7.94. The van der Waals surface area contributed by atoms with Crippen LogP contribution >= 0.6 is 15.9 Å². The Morgan fingerprint density at radius 3 is 2.82 bits per heavy atom. The molecule has 0 aliphatic rings. The fourth-order valence-corrected chi connectivity index (χ4v) is 2.57. The van der Waals surface area contributed by atoms with Crippen LogP contribution in [0.25, 0.3) is 0 Å². The van der Waals surface area contributed by atoms with Crippen LogP contribution < -0.4 is 10.6 Å². The molecule has 1 amide bonds. The van der Waals surface area contributed by atoms with Gasteiger partial charge in [-0.25, -0.2) is 4.98 Å². The number of carbonyl (C=O) groups excluding carboxylic acids is 1. The first-order valence-electron chi connectivity index (χ1n) is 7.37. The third kappa shape index (κ3) is 4.56. The van der Waals surface area contributed by atoms with Gasteiger partial charge in [-0.3, -0.25) is 4.79 Å². The van der Waals surface area contributed by atoms with Crippen molar-refractivity contribution in [1.29, 1.82) is 0 Å². The molecule has 0 fully saturated rings. The highest BCUT2D eigenvalue weighted by Gasteiger charge is 2.07. The summed E-state index contributed by atoms with van der Waals surface area (Å²) >= 11 is 3.52. The Hall–Kier alpha value is -1.88. The number of aromatic nitrogens is 1. The highest BCUT2D eigenvalue weighted by Crippen LogP contribution is 2.26. The maximum atomic E-state index is 12.1. The van der Waals surface area contributed by atoms with E-state index in [4.69, 9.17) is 0 Å².